The van der Waals surface area contributed by atoms with Gasteiger partial charge in [0.2, 0.25) is 5.91 Å². The highest BCUT2D eigenvalue weighted by Gasteiger charge is 2.31. The van der Waals surface area contributed by atoms with E-state index in [1.807, 2.05) is 29.2 Å². The van der Waals surface area contributed by atoms with Gasteiger partial charge in [-0.15, -0.1) is 0 Å². The molecular weight excluding hydrogens is 318 g/mol. The number of rotatable bonds is 7. The number of hydrogen-bond donors (Lipinski definition) is 1. The van der Waals surface area contributed by atoms with Crippen LogP contribution in [0.15, 0.2) is 47.1 Å². The van der Waals surface area contributed by atoms with Gasteiger partial charge in [0.05, 0.1) is 13.4 Å². The number of amides is 1. The summed E-state index contributed by atoms with van der Waals surface area (Å²) in [5.74, 6) is 1.52. The molecular formula is C20H25NO4. The molecule has 25 heavy (non-hydrogen) atoms. The number of aliphatic hydroxyl groups excluding tert-OH is 1. The Labute approximate surface area is 148 Å². The summed E-state index contributed by atoms with van der Waals surface area (Å²) in [5, 5.41) is 10.3. The van der Waals surface area contributed by atoms with Crippen molar-refractivity contribution < 1.29 is 19.1 Å². The Morgan fingerprint density at radius 1 is 1.36 bits per heavy atom. The summed E-state index contributed by atoms with van der Waals surface area (Å²) in [6, 6.07) is 11.4. The van der Waals surface area contributed by atoms with Gasteiger partial charge in [-0.25, -0.2) is 0 Å². The van der Waals surface area contributed by atoms with E-state index < -0.39 is 6.10 Å². The van der Waals surface area contributed by atoms with E-state index in [4.69, 9.17) is 9.15 Å². The van der Waals surface area contributed by atoms with Crippen LogP contribution in [0.25, 0.3) is 0 Å². The van der Waals surface area contributed by atoms with Crippen molar-refractivity contribution in [2.24, 2.45) is 0 Å². The van der Waals surface area contributed by atoms with Crippen molar-refractivity contribution in [2.75, 3.05) is 13.7 Å². The quantitative estimate of drug-likeness (QED) is 0.837. The van der Waals surface area contributed by atoms with Crippen molar-refractivity contribution in [3.63, 3.8) is 0 Å². The molecule has 1 aromatic carbocycles. The summed E-state index contributed by atoms with van der Waals surface area (Å²) >= 11 is 0. The second kappa shape index (κ2) is 8.21. The minimum absolute atomic E-state index is 0.0743. The van der Waals surface area contributed by atoms with E-state index in [1.54, 1.807) is 25.5 Å². The number of furan rings is 1. The smallest absolute Gasteiger partial charge is 0.223 e. The molecule has 3 rings (SSSR count). The molecule has 0 bridgehead atoms. The third-order valence-electron chi connectivity index (χ3n) is 4.87. The number of aryl methyl sites for hydroxylation is 1. The summed E-state index contributed by atoms with van der Waals surface area (Å²) in [5.41, 5.74) is 1.05. The lowest BCUT2D eigenvalue weighted by atomic mass is 10.0. The zero-order valence-electron chi connectivity index (χ0n) is 14.6. The summed E-state index contributed by atoms with van der Waals surface area (Å²) in [4.78, 5) is 14.6. The lowest BCUT2D eigenvalue weighted by Gasteiger charge is -2.26. The highest BCUT2D eigenvalue weighted by atomic mass is 16.5. The van der Waals surface area contributed by atoms with Crippen LogP contribution in [0.5, 0.6) is 5.75 Å². The molecule has 1 saturated heterocycles. The van der Waals surface area contributed by atoms with Crippen LogP contribution < -0.4 is 4.74 Å². The molecule has 2 aromatic rings. The molecule has 5 heteroatoms. The summed E-state index contributed by atoms with van der Waals surface area (Å²) in [6.45, 7) is 0.764. The highest BCUT2D eigenvalue weighted by molar-refractivity contribution is 5.77. The van der Waals surface area contributed by atoms with Gasteiger partial charge in [-0.1, -0.05) is 18.2 Å². The fraction of sp³-hybridized carbons (Fsp3) is 0.450. The molecule has 0 saturated carbocycles. The van der Waals surface area contributed by atoms with E-state index in [1.165, 1.54) is 0 Å². The van der Waals surface area contributed by atoms with Crippen molar-refractivity contribution in [1.82, 2.24) is 4.90 Å². The van der Waals surface area contributed by atoms with Gasteiger partial charge in [-0.05, 0) is 43.0 Å². The number of carbonyl (C=O) groups excluding carboxylic acids is 1. The highest BCUT2D eigenvalue weighted by Crippen LogP contribution is 2.28. The van der Waals surface area contributed by atoms with Crippen LogP contribution in [0, 0.1) is 0 Å². The molecule has 2 atom stereocenters. The van der Waals surface area contributed by atoms with Crippen molar-refractivity contribution >= 4 is 5.91 Å². The van der Waals surface area contributed by atoms with Crippen LogP contribution in [-0.2, 0) is 11.2 Å². The van der Waals surface area contributed by atoms with E-state index in [2.05, 4.69) is 0 Å². The van der Waals surface area contributed by atoms with Gasteiger partial charge in [0.1, 0.15) is 17.6 Å². The molecule has 1 aliphatic heterocycles. The average molecular weight is 343 g/mol. The first kappa shape index (κ1) is 17.5. The molecule has 1 aliphatic rings. The molecule has 1 fully saturated rings. The Balaban J connectivity index is 1.57. The largest absolute Gasteiger partial charge is 0.496 e. The van der Waals surface area contributed by atoms with Crippen LogP contribution in [0.4, 0.5) is 0 Å². The van der Waals surface area contributed by atoms with Gasteiger partial charge in [0, 0.05) is 25.4 Å². The van der Waals surface area contributed by atoms with Crippen LogP contribution in [0.2, 0.25) is 0 Å². The molecule has 2 unspecified atom stereocenters. The number of methoxy groups -OCH3 is 1. The maximum absolute atomic E-state index is 12.7. The van der Waals surface area contributed by atoms with E-state index in [9.17, 15) is 9.90 Å². The molecule has 134 valence electrons. The number of nitrogens with zero attached hydrogens (tertiary/aromatic N) is 1. The van der Waals surface area contributed by atoms with Gasteiger partial charge >= 0.3 is 0 Å². The number of para-hydroxylation sites is 1. The van der Waals surface area contributed by atoms with Crippen molar-refractivity contribution in [2.45, 2.75) is 44.2 Å². The van der Waals surface area contributed by atoms with Crippen LogP contribution >= 0.6 is 0 Å². The minimum Gasteiger partial charge on any atom is -0.496 e. The zero-order valence-corrected chi connectivity index (χ0v) is 14.6. The maximum atomic E-state index is 12.7. The lowest BCUT2D eigenvalue weighted by molar-refractivity contribution is -0.132. The molecule has 0 radical (unpaired) electrons. The van der Waals surface area contributed by atoms with Gasteiger partial charge < -0.3 is 19.2 Å². The topological polar surface area (TPSA) is 62.9 Å². The van der Waals surface area contributed by atoms with Crippen molar-refractivity contribution in [3.8, 4) is 5.75 Å². The number of aliphatic hydroxyl groups is 1. The molecule has 5 nitrogen and oxygen atoms in total. The standard InChI is InChI=1S/C20H25NO4/c1-24-18-8-3-2-6-15(18)10-11-20(23)21-12-4-7-16(21)14-17(22)19-9-5-13-25-19/h2-3,5-6,8-9,13,16-17,22H,4,7,10-12,14H2,1H3. The van der Waals surface area contributed by atoms with E-state index in [0.717, 1.165) is 30.7 Å². The number of hydrogen-bond acceptors (Lipinski definition) is 4. The van der Waals surface area contributed by atoms with Gasteiger partial charge in [-0.3, -0.25) is 4.79 Å². The summed E-state index contributed by atoms with van der Waals surface area (Å²) in [7, 11) is 1.65. The first-order valence-electron chi connectivity index (χ1n) is 8.82. The first-order valence-corrected chi connectivity index (χ1v) is 8.82. The second-order valence-corrected chi connectivity index (χ2v) is 6.46. The SMILES string of the molecule is COc1ccccc1CCC(=O)N1CCCC1CC(O)c1ccco1. The predicted molar refractivity (Wildman–Crippen MR) is 94.3 cm³/mol. The van der Waals surface area contributed by atoms with Crippen molar-refractivity contribution in [3.05, 3.63) is 54.0 Å². The van der Waals surface area contributed by atoms with E-state index >= 15 is 0 Å². The fourth-order valence-electron chi connectivity index (χ4n) is 3.56. The fourth-order valence-corrected chi connectivity index (χ4v) is 3.56. The molecule has 1 aromatic heterocycles. The Hall–Kier alpha value is -2.27. The molecule has 0 aliphatic carbocycles. The van der Waals surface area contributed by atoms with E-state index in [0.29, 0.717) is 25.0 Å². The second-order valence-electron chi connectivity index (χ2n) is 6.46. The third-order valence-corrected chi connectivity index (χ3v) is 4.87. The first-order chi connectivity index (χ1) is 12.2. The van der Waals surface area contributed by atoms with E-state index in [-0.39, 0.29) is 11.9 Å². The maximum Gasteiger partial charge on any atom is 0.223 e. The van der Waals surface area contributed by atoms with Gasteiger partial charge in [0.15, 0.2) is 0 Å². The Bertz CT molecular complexity index is 683. The normalized spacial score (nSPS) is 18.3. The molecule has 2 heterocycles. The monoisotopic (exact) mass is 343 g/mol. The molecule has 1 amide bonds. The minimum atomic E-state index is -0.664. The summed E-state index contributed by atoms with van der Waals surface area (Å²) < 4.78 is 10.6. The zero-order chi connectivity index (χ0) is 17.6. The number of ether oxygens (including phenoxy) is 1. The Kier molecular flexibility index (Phi) is 5.76. The Morgan fingerprint density at radius 3 is 2.96 bits per heavy atom. The molecule has 1 N–H and O–H groups in total. The lowest BCUT2D eigenvalue weighted by Crippen LogP contribution is -2.36. The van der Waals surface area contributed by atoms with Gasteiger partial charge in [-0.2, -0.15) is 0 Å². The van der Waals surface area contributed by atoms with Crippen LogP contribution in [-0.4, -0.2) is 35.6 Å². The number of benzene rings is 1. The summed E-state index contributed by atoms with van der Waals surface area (Å²) in [6.07, 6.45) is 4.44. The average Bonchev–Trinajstić information content (AvgIpc) is 3.31. The number of carbonyl (C=O) groups is 1. The molecule has 0 spiro atoms. The van der Waals surface area contributed by atoms with Gasteiger partial charge in [0.25, 0.3) is 0 Å². The third kappa shape index (κ3) is 4.23. The van der Waals surface area contributed by atoms with Crippen LogP contribution in [0.1, 0.15) is 43.1 Å². The Morgan fingerprint density at radius 2 is 2.20 bits per heavy atom. The predicted octanol–water partition coefficient (Wildman–Crippen LogP) is 3.34. The van der Waals surface area contributed by atoms with Crippen molar-refractivity contribution in [1.29, 1.82) is 0 Å². The number of likely N-dealkylation sites (tertiary alicyclic amines) is 1. The van der Waals surface area contributed by atoms with Crippen LogP contribution in [0.3, 0.4) is 0 Å².